The number of carbonyl (C=O) groups is 1. The van der Waals surface area contributed by atoms with Crippen molar-refractivity contribution in [2.75, 3.05) is 65.6 Å². The molecule has 30 heavy (non-hydrogen) atoms. The monoisotopic (exact) mass is 532 g/mol. The first kappa shape index (κ1) is 24.5. The summed E-state index contributed by atoms with van der Waals surface area (Å²) in [5, 5.41) is 11.6. The summed E-state index contributed by atoms with van der Waals surface area (Å²) in [6.07, 6.45) is 1.82. The van der Waals surface area contributed by atoms with Crippen LogP contribution in [0.15, 0.2) is 17.6 Å². The van der Waals surface area contributed by atoms with Gasteiger partial charge in [-0.15, -0.1) is 40.8 Å². The molecule has 11 heteroatoms. The summed E-state index contributed by atoms with van der Waals surface area (Å²) in [6.45, 7) is 13.2. The van der Waals surface area contributed by atoms with E-state index in [0.717, 1.165) is 43.8 Å². The highest BCUT2D eigenvalue weighted by atomic mass is 127. The van der Waals surface area contributed by atoms with E-state index < -0.39 is 0 Å². The number of morpholine rings is 1. The Morgan fingerprint density at radius 3 is 2.47 bits per heavy atom. The number of aromatic nitrogens is 3. The maximum Gasteiger partial charge on any atom is 0.236 e. The van der Waals surface area contributed by atoms with E-state index in [1.807, 2.05) is 29.5 Å². The topological polar surface area (TPSA) is 91.1 Å². The molecule has 2 aliphatic heterocycles. The molecule has 0 atom stereocenters. The van der Waals surface area contributed by atoms with Crippen LogP contribution in [0, 0.1) is 6.92 Å². The summed E-state index contributed by atoms with van der Waals surface area (Å²) in [7, 11) is 1.95. The number of piperazine rings is 1. The number of amides is 1. The Morgan fingerprint density at radius 2 is 1.87 bits per heavy atom. The maximum absolute atomic E-state index is 12.5. The van der Waals surface area contributed by atoms with Gasteiger partial charge in [0.05, 0.1) is 19.8 Å². The molecule has 10 nitrogen and oxygen atoms in total. The number of aryl methyl sites for hydroxylation is 1. The van der Waals surface area contributed by atoms with Gasteiger partial charge in [-0.2, -0.15) is 0 Å². The lowest BCUT2D eigenvalue weighted by atomic mass is 10.3. The highest BCUT2D eigenvalue weighted by Crippen LogP contribution is 2.06. The fraction of sp³-hybridized carbons (Fsp3) is 0.684. The molecule has 3 rings (SSSR count). The lowest BCUT2D eigenvalue weighted by molar-refractivity contribution is -0.136. The van der Waals surface area contributed by atoms with Crippen LogP contribution in [0.25, 0.3) is 0 Å². The molecular formula is C19H33IN8O2. The molecule has 2 aliphatic rings. The molecule has 0 radical (unpaired) electrons. The minimum atomic E-state index is 0. The molecule has 1 aromatic rings. The zero-order chi connectivity index (χ0) is 20.6. The third-order valence-electron chi connectivity index (χ3n) is 5.35. The Labute approximate surface area is 195 Å². The number of ether oxygens (including phenoxy) is 1. The number of carbonyl (C=O) groups excluding carboxylic acids is 1. The summed E-state index contributed by atoms with van der Waals surface area (Å²) < 4.78 is 7.27. The van der Waals surface area contributed by atoms with Crippen molar-refractivity contribution in [3.63, 3.8) is 0 Å². The highest BCUT2D eigenvalue weighted by Gasteiger charge is 2.24. The molecule has 168 valence electrons. The van der Waals surface area contributed by atoms with Crippen LogP contribution in [0.5, 0.6) is 0 Å². The molecule has 0 bridgehead atoms. The number of rotatable bonds is 6. The van der Waals surface area contributed by atoms with Gasteiger partial charge in [-0.05, 0) is 6.92 Å². The fourth-order valence-electron chi connectivity index (χ4n) is 3.39. The molecule has 2 fully saturated rings. The van der Waals surface area contributed by atoms with Crippen LogP contribution in [0.4, 0.5) is 0 Å². The van der Waals surface area contributed by atoms with E-state index in [-0.39, 0.29) is 29.9 Å². The molecule has 0 spiro atoms. The smallest absolute Gasteiger partial charge is 0.236 e. The standard InChI is InChI=1S/C19H32N8O2.HI/c1-4-5-20-19(21-14-17-23-22-16(2)24(17)3)27-8-6-25(7-9-27)15-18(28)26-10-12-29-13-11-26;/h4H,1,5-15H2,2-3H3,(H,20,21);1H. The van der Waals surface area contributed by atoms with Crippen LogP contribution in [0.2, 0.25) is 0 Å². The van der Waals surface area contributed by atoms with Gasteiger partial charge in [-0.3, -0.25) is 9.69 Å². The molecule has 1 amide bonds. The van der Waals surface area contributed by atoms with E-state index in [1.165, 1.54) is 0 Å². The molecule has 0 aliphatic carbocycles. The van der Waals surface area contributed by atoms with Crippen molar-refractivity contribution >= 4 is 35.8 Å². The third-order valence-corrected chi connectivity index (χ3v) is 5.35. The Kier molecular flexibility index (Phi) is 9.98. The average molecular weight is 532 g/mol. The molecular weight excluding hydrogens is 499 g/mol. The number of nitrogens with one attached hydrogen (secondary N) is 1. The van der Waals surface area contributed by atoms with Gasteiger partial charge in [0.25, 0.3) is 0 Å². The van der Waals surface area contributed by atoms with Crippen molar-refractivity contribution in [2.24, 2.45) is 12.0 Å². The van der Waals surface area contributed by atoms with Crippen molar-refractivity contribution in [3.8, 4) is 0 Å². The summed E-state index contributed by atoms with van der Waals surface area (Å²) in [4.78, 5) is 23.5. The zero-order valence-corrected chi connectivity index (χ0v) is 20.2. The predicted octanol–water partition coefficient (Wildman–Crippen LogP) is -0.150. The Morgan fingerprint density at radius 1 is 1.17 bits per heavy atom. The largest absolute Gasteiger partial charge is 0.378 e. The van der Waals surface area contributed by atoms with Gasteiger partial charge in [0.1, 0.15) is 12.4 Å². The zero-order valence-electron chi connectivity index (χ0n) is 17.9. The van der Waals surface area contributed by atoms with E-state index in [2.05, 4.69) is 31.9 Å². The van der Waals surface area contributed by atoms with Crippen LogP contribution in [0.3, 0.4) is 0 Å². The van der Waals surface area contributed by atoms with Crippen LogP contribution in [-0.2, 0) is 23.1 Å². The normalized spacial score (nSPS) is 18.1. The van der Waals surface area contributed by atoms with Crippen molar-refractivity contribution in [2.45, 2.75) is 13.5 Å². The van der Waals surface area contributed by atoms with Crippen molar-refractivity contribution in [3.05, 3.63) is 24.3 Å². The van der Waals surface area contributed by atoms with Crippen molar-refractivity contribution < 1.29 is 9.53 Å². The summed E-state index contributed by atoms with van der Waals surface area (Å²) in [5.74, 6) is 2.73. The average Bonchev–Trinajstić information content (AvgIpc) is 3.07. The van der Waals surface area contributed by atoms with E-state index in [1.54, 1.807) is 0 Å². The molecule has 3 heterocycles. The molecule has 1 N–H and O–H groups in total. The maximum atomic E-state index is 12.5. The van der Waals surface area contributed by atoms with Gasteiger partial charge >= 0.3 is 0 Å². The minimum Gasteiger partial charge on any atom is -0.378 e. The number of nitrogens with zero attached hydrogens (tertiary/aromatic N) is 7. The van der Waals surface area contributed by atoms with Crippen molar-refractivity contribution in [1.82, 2.24) is 34.8 Å². The summed E-state index contributed by atoms with van der Waals surface area (Å²) in [6, 6.07) is 0. The minimum absolute atomic E-state index is 0. The summed E-state index contributed by atoms with van der Waals surface area (Å²) >= 11 is 0. The Hall–Kier alpha value is -1.73. The number of guanidine groups is 1. The van der Waals surface area contributed by atoms with Gasteiger partial charge in [0.15, 0.2) is 11.8 Å². The SMILES string of the molecule is C=CCNC(=NCc1nnc(C)n1C)N1CCN(CC(=O)N2CCOCC2)CC1.I. The van der Waals surface area contributed by atoms with Crippen LogP contribution >= 0.6 is 24.0 Å². The highest BCUT2D eigenvalue weighted by molar-refractivity contribution is 14.0. The Balaban J connectivity index is 0.00000320. The first-order valence-electron chi connectivity index (χ1n) is 10.2. The van der Waals surface area contributed by atoms with E-state index in [4.69, 9.17) is 9.73 Å². The number of halogens is 1. The lowest BCUT2D eigenvalue weighted by Crippen LogP contribution is -2.55. The number of hydrogen-bond donors (Lipinski definition) is 1. The molecule has 0 aromatic carbocycles. The molecule has 0 saturated carbocycles. The van der Waals surface area contributed by atoms with Crippen LogP contribution < -0.4 is 5.32 Å². The number of aliphatic imine (C=N–C) groups is 1. The van der Waals surface area contributed by atoms with Gasteiger partial charge in [-0.25, -0.2) is 4.99 Å². The van der Waals surface area contributed by atoms with Gasteiger partial charge < -0.3 is 24.4 Å². The number of hydrogen-bond acceptors (Lipinski definition) is 6. The van der Waals surface area contributed by atoms with Crippen LogP contribution in [-0.4, -0.2) is 107 Å². The summed E-state index contributed by atoms with van der Waals surface area (Å²) in [5.41, 5.74) is 0. The quantitative estimate of drug-likeness (QED) is 0.236. The van der Waals surface area contributed by atoms with Crippen molar-refractivity contribution in [1.29, 1.82) is 0 Å². The predicted molar refractivity (Wildman–Crippen MR) is 126 cm³/mol. The molecule has 1 aromatic heterocycles. The van der Waals surface area contributed by atoms with Gasteiger partial charge in [-0.1, -0.05) is 6.08 Å². The third kappa shape index (κ3) is 6.64. The second-order valence-electron chi connectivity index (χ2n) is 7.29. The van der Waals surface area contributed by atoms with E-state index >= 15 is 0 Å². The Bertz CT molecular complexity index is 724. The molecule has 0 unspecified atom stereocenters. The van der Waals surface area contributed by atoms with Gasteiger partial charge in [0.2, 0.25) is 5.91 Å². The lowest BCUT2D eigenvalue weighted by Gasteiger charge is -2.37. The molecule has 2 saturated heterocycles. The van der Waals surface area contributed by atoms with E-state index in [0.29, 0.717) is 45.9 Å². The van der Waals surface area contributed by atoms with E-state index in [9.17, 15) is 4.79 Å². The first-order valence-corrected chi connectivity index (χ1v) is 10.2. The first-order chi connectivity index (χ1) is 14.1. The second-order valence-corrected chi connectivity index (χ2v) is 7.29. The fourth-order valence-corrected chi connectivity index (χ4v) is 3.39. The van der Waals surface area contributed by atoms with Gasteiger partial charge in [0, 0.05) is 52.9 Å². The van der Waals surface area contributed by atoms with Crippen LogP contribution in [0.1, 0.15) is 11.6 Å². The second kappa shape index (κ2) is 12.2.